The van der Waals surface area contributed by atoms with E-state index in [0.29, 0.717) is 6.04 Å². The number of nitrogens with zero attached hydrogens (tertiary/aromatic N) is 1. The van der Waals surface area contributed by atoms with Gasteiger partial charge in [-0.25, -0.2) is 4.39 Å². The van der Waals surface area contributed by atoms with Crippen LogP contribution in [0.5, 0.6) is 0 Å². The van der Waals surface area contributed by atoms with E-state index in [0.717, 1.165) is 37.8 Å². The van der Waals surface area contributed by atoms with E-state index < -0.39 is 0 Å². The monoisotopic (exact) mass is 263 g/mol. The van der Waals surface area contributed by atoms with Crippen LogP contribution in [0.4, 0.5) is 4.39 Å². The lowest BCUT2D eigenvalue weighted by atomic mass is 9.94. The summed E-state index contributed by atoms with van der Waals surface area (Å²) in [5.41, 5.74) is 0.927. The highest BCUT2D eigenvalue weighted by Crippen LogP contribution is 2.28. The van der Waals surface area contributed by atoms with Gasteiger partial charge in [0.2, 0.25) is 5.91 Å². The van der Waals surface area contributed by atoms with E-state index in [4.69, 9.17) is 0 Å². The highest BCUT2D eigenvalue weighted by atomic mass is 19.1. The molecule has 3 heteroatoms. The fraction of sp³-hybridized carbons (Fsp3) is 0.562. The van der Waals surface area contributed by atoms with E-state index in [9.17, 15) is 9.18 Å². The first-order valence-electron chi connectivity index (χ1n) is 7.23. The maximum absolute atomic E-state index is 13.0. The van der Waals surface area contributed by atoms with E-state index in [1.807, 2.05) is 11.8 Å². The predicted octanol–water partition coefficient (Wildman–Crippen LogP) is 3.72. The van der Waals surface area contributed by atoms with Crippen molar-refractivity contribution >= 4 is 5.91 Å². The predicted molar refractivity (Wildman–Crippen MR) is 74.5 cm³/mol. The minimum atomic E-state index is -0.251. The van der Waals surface area contributed by atoms with Gasteiger partial charge < -0.3 is 4.90 Å². The second-order valence-corrected chi connectivity index (χ2v) is 5.25. The van der Waals surface area contributed by atoms with E-state index in [1.54, 1.807) is 12.1 Å². The second-order valence-electron chi connectivity index (χ2n) is 5.25. The first kappa shape index (κ1) is 14.0. The van der Waals surface area contributed by atoms with Gasteiger partial charge in [-0.2, -0.15) is 0 Å². The number of amides is 1. The summed E-state index contributed by atoms with van der Waals surface area (Å²) in [6, 6.07) is 6.73. The van der Waals surface area contributed by atoms with Crippen molar-refractivity contribution in [3.63, 3.8) is 0 Å². The fourth-order valence-electron chi connectivity index (χ4n) is 3.00. The molecule has 1 amide bonds. The van der Waals surface area contributed by atoms with Crippen LogP contribution in [-0.2, 0) is 4.79 Å². The van der Waals surface area contributed by atoms with Crippen LogP contribution in [-0.4, -0.2) is 23.4 Å². The molecule has 0 aromatic heterocycles. The molecule has 2 atom stereocenters. The van der Waals surface area contributed by atoms with Gasteiger partial charge >= 0.3 is 0 Å². The molecule has 0 bridgehead atoms. The summed E-state index contributed by atoms with van der Waals surface area (Å²) in [5.74, 6) is -0.176. The highest BCUT2D eigenvalue weighted by Gasteiger charge is 2.31. The molecule has 104 valence electrons. The molecule has 2 nitrogen and oxygen atoms in total. The van der Waals surface area contributed by atoms with Gasteiger partial charge in [-0.3, -0.25) is 4.79 Å². The summed E-state index contributed by atoms with van der Waals surface area (Å²) in [6.07, 6.45) is 4.00. The van der Waals surface area contributed by atoms with Crippen LogP contribution in [0.1, 0.15) is 51.0 Å². The average molecular weight is 263 g/mol. The Kier molecular flexibility index (Phi) is 4.56. The number of halogens is 1. The molecule has 1 saturated heterocycles. The van der Waals surface area contributed by atoms with Crippen molar-refractivity contribution in [1.82, 2.24) is 4.90 Å². The van der Waals surface area contributed by atoms with Crippen molar-refractivity contribution in [3.8, 4) is 0 Å². The molecule has 1 heterocycles. The van der Waals surface area contributed by atoms with Crippen LogP contribution in [0.3, 0.4) is 0 Å². The molecule has 1 aliphatic rings. The van der Waals surface area contributed by atoms with Crippen LogP contribution in [0.15, 0.2) is 24.3 Å². The van der Waals surface area contributed by atoms with Crippen LogP contribution in [0.25, 0.3) is 0 Å². The standard InChI is InChI=1S/C16H22FNO/c1-3-14-6-5-11-18(14)16(19)15(4-2)12-7-9-13(17)10-8-12/h7-10,14-15H,3-6,11H2,1-2H3. The van der Waals surface area contributed by atoms with Crippen LogP contribution in [0, 0.1) is 5.82 Å². The smallest absolute Gasteiger partial charge is 0.230 e. The molecule has 1 aromatic rings. The summed E-state index contributed by atoms with van der Waals surface area (Å²) < 4.78 is 13.0. The zero-order valence-corrected chi connectivity index (χ0v) is 11.7. The van der Waals surface area contributed by atoms with Gasteiger partial charge in [0, 0.05) is 12.6 Å². The Morgan fingerprint density at radius 1 is 1.37 bits per heavy atom. The molecule has 2 unspecified atom stereocenters. The summed E-state index contributed by atoms with van der Waals surface area (Å²) in [6.45, 7) is 5.02. The number of hydrogen-bond donors (Lipinski definition) is 0. The van der Waals surface area contributed by atoms with Crippen LogP contribution < -0.4 is 0 Å². The highest BCUT2D eigenvalue weighted by molar-refractivity contribution is 5.84. The van der Waals surface area contributed by atoms with E-state index >= 15 is 0 Å². The third-order valence-electron chi connectivity index (χ3n) is 4.11. The first-order chi connectivity index (χ1) is 9.17. The molecule has 0 saturated carbocycles. The van der Waals surface area contributed by atoms with Gasteiger partial charge in [-0.05, 0) is 43.4 Å². The quantitative estimate of drug-likeness (QED) is 0.810. The minimum absolute atomic E-state index is 0.132. The van der Waals surface area contributed by atoms with Gasteiger partial charge in [0.25, 0.3) is 0 Å². The summed E-state index contributed by atoms with van der Waals surface area (Å²) in [4.78, 5) is 14.7. The van der Waals surface area contributed by atoms with E-state index in [-0.39, 0.29) is 17.6 Å². The van der Waals surface area contributed by atoms with Gasteiger partial charge in [-0.1, -0.05) is 26.0 Å². The molecule has 0 aliphatic carbocycles. The molecule has 1 aliphatic heterocycles. The Morgan fingerprint density at radius 3 is 2.63 bits per heavy atom. The SMILES string of the molecule is CCC(C(=O)N1CCCC1CC)c1ccc(F)cc1. The molecule has 0 N–H and O–H groups in total. The normalized spacial score (nSPS) is 20.6. The molecular formula is C16H22FNO. The van der Waals surface area contributed by atoms with Crippen molar-refractivity contribution in [2.45, 2.75) is 51.5 Å². The Hall–Kier alpha value is -1.38. The Bertz CT molecular complexity index is 429. The van der Waals surface area contributed by atoms with Gasteiger partial charge in [0.15, 0.2) is 0 Å². The zero-order chi connectivity index (χ0) is 13.8. The number of likely N-dealkylation sites (tertiary alicyclic amines) is 1. The average Bonchev–Trinajstić information content (AvgIpc) is 2.90. The Morgan fingerprint density at radius 2 is 2.05 bits per heavy atom. The third kappa shape index (κ3) is 2.96. The van der Waals surface area contributed by atoms with Crippen molar-refractivity contribution in [3.05, 3.63) is 35.6 Å². The molecule has 2 rings (SSSR count). The van der Waals surface area contributed by atoms with Crippen molar-refractivity contribution < 1.29 is 9.18 Å². The zero-order valence-electron chi connectivity index (χ0n) is 11.7. The van der Waals surface area contributed by atoms with Crippen molar-refractivity contribution in [1.29, 1.82) is 0 Å². The van der Waals surface area contributed by atoms with Gasteiger partial charge in [0.05, 0.1) is 5.92 Å². The molecule has 0 radical (unpaired) electrons. The molecule has 1 aromatic carbocycles. The molecule has 0 spiro atoms. The number of rotatable bonds is 4. The summed E-state index contributed by atoms with van der Waals surface area (Å²) in [5, 5.41) is 0. The topological polar surface area (TPSA) is 20.3 Å². The largest absolute Gasteiger partial charge is 0.339 e. The molecule has 1 fully saturated rings. The Balaban J connectivity index is 2.17. The number of benzene rings is 1. The summed E-state index contributed by atoms with van der Waals surface area (Å²) >= 11 is 0. The second kappa shape index (κ2) is 6.18. The maximum Gasteiger partial charge on any atom is 0.230 e. The summed E-state index contributed by atoms with van der Waals surface area (Å²) in [7, 11) is 0. The van der Waals surface area contributed by atoms with Gasteiger partial charge in [-0.15, -0.1) is 0 Å². The molecule has 19 heavy (non-hydrogen) atoms. The fourth-order valence-corrected chi connectivity index (χ4v) is 3.00. The molecular weight excluding hydrogens is 241 g/mol. The number of carbonyl (C=O) groups excluding carboxylic acids is 1. The number of hydrogen-bond acceptors (Lipinski definition) is 1. The Labute approximate surface area is 114 Å². The first-order valence-corrected chi connectivity index (χ1v) is 7.23. The van der Waals surface area contributed by atoms with Crippen LogP contribution in [0.2, 0.25) is 0 Å². The van der Waals surface area contributed by atoms with E-state index in [1.165, 1.54) is 12.1 Å². The van der Waals surface area contributed by atoms with Crippen molar-refractivity contribution in [2.75, 3.05) is 6.54 Å². The van der Waals surface area contributed by atoms with Gasteiger partial charge in [0.1, 0.15) is 5.82 Å². The number of carbonyl (C=O) groups is 1. The maximum atomic E-state index is 13.0. The van der Waals surface area contributed by atoms with Crippen LogP contribution >= 0.6 is 0 Å². The lowest BCUT2D eigenvalue weighted by Crippen LogP contribution is -2.38. The lowest BCUT2D eigenvalue weighted by molar-refractivity contribution is -0.133. The van der Waals surface area contributed by atoms with E-state index in [2.05, 4.69) is 6.92 Å². The lowest BCUT2D eigenvalue weighted by Gasteiger charge is -2.28. The minimum Gasteiger partial charge on any atom is -0.339 e. The third-order valence-corrected chi connectivity index (χ3v) is 4.11. The van der Waals surface area contributed by atoms with Crippen molar-refractivity contribution in [2.24, 2.45) is 0 Å².